The second kappa shape index (κ2) is 6.04. The first kappa shape index (κ1) is 13.8. The third kappa shape index (κ3) is 3.46. The molecule has 2 unspecified atom stereocenters. The average molecular weight is 332 g/mol. The van der Waals surface area contributed by atoms with Gasteiger partial charge in [0.15, 0.2) is 0 Å². The Labute approximate surface area is 120 Å². The Morgan fingerprint density at radius 1 is 1.56 bits per heavy atom. The van der Waals surface area contributed by atoms with Gasteiger partial charge in [-0.15, -0.1) is 0 Å². The van der Waals surface area contributed by atoms with E-state index < -0.39 is 0 Å². The molecule has 98 valence electrons. The van der Waals surface area contributed by atoms with E-state index >= 15 is 0 Å². The number of halogens is 2. The van der Waals surface area contributed by atoms with Crippen molar-refractivity contribution in [3.05, 3.63) is 27.7 Å². The normalized spacial score (nSPS) is 23.7. The predicted molar refractivity (Wildman–Crippen MR) is 78.0 cm³/mol. The lowest BCUT2D eigenvalue weighted by Crippen LogP contribution is -2.45. The number of piperidine rings is 1. The van der Waals surface area contributed by atoms with Crippen LogP contribution in [0.3, 0.4) is 0 Å². The van der Waals surface area contributed by atoms with Crippen LogP contribution in [0, 0.1) is 5.92 Å². The molecule has 3 nitrogen and oxygen atoms in total. The molecule has 1 aromatic carbocycles. The number of amides is 1. The topological polar surface area (TPSA) is 41.1 Å². The summed E-state index contributed by atoms with van der Waals surface area (Å²) in [5.41, 5.74) is 0.760. The maximum absolute atomic E-state index is 12.1. The van der Waals surface area contributed by atoms with Crippen LogP contribution in [0.15, 0.2) is 22.7 Å². The Morgan fingerprint density at radius 3 is 3.00 bits per heavy atom. The number of carbonyl (C=O) groups excluding carboxylic acids is 1. The molecule has 2 N–H and O–H groups in total. The van der Waals surface area contributed by atoms with Gasteiger partial charge in [0.1, 0.15) is 0 Å². The fraction of sp³-hybridized carbons (Fsp3) is 0.462. The highest BCUT2D eigenvalue weighted by atomic mass is 79.9. The van der Waals surface area contributed by atoms with Crippen molar-refractivity contribution in [3.8, 4) is 0 Å². The molecule has 2 atom stereocenters. The SMILES string of the molecule is CC1CCNC(C(=O)Nc2ccc(Cl)c(Br)c2)C1. The fourth-order valence-electron chi connectivity index (χ4n) is 2.11. The minimum atomic E-state index is -0.0943. The van der Waals surface area contributed by atoms with Crippen LogP contribution in [-0.2, 0) is 4.79 Å². The summed E-state index contributed by atoms with van der Waals surface area (Å²) in [5.74, 6) is 0.620. The Bertz CT molecular complexity index is 453. The third-order valence-electron chi connectivity index (χ3n) is 3.17. The molecule has 0 aliphatic carbocycles. The molecule has 1 aromatic rings. The molecule has 0 aromatic heterocycles. The number of carbonyl (C=O) groups is 1. The summed E-state index contributed by atoms with van der Waals surface area (Å²) in [5, 5.41) is 6.79. The Kier molecular flexibility index (Phi) is 4.65. The van der Waals surface area contributed by atoms with Gasteiger partial charge in [0.25, 0.3) is 0 Å². The monoisotopic (exact) mass is 330 g/mol. The van der Waals surface area contributed by atoms with Gasteiger partial charge in [-0.2, -0.15) is 0 Å². The lowest BCUT2D eigenvalue weighted by Gasteiger charge is -2.27. The van der Waals surface area contributed by atoms with Crippen LogP contribution in [0.25, 0.3) is 0 Å². The molecule has 18 heavy (non-hydrogen) atoms. The van der Waals surface area contributed by atoms with Crippen LogP contribution in [-0.4, -0.2) is 18.5 Å². The van der Waals surface area contributed by atoms with E-state index in [2.05, 4.69) is 33.5 Å². The van der Waals surface area contributed by atoms with E-state index in [0.717, 1.165) is 29.5 Å². The number of anilines is 1. The second-order valence-electron chi connectivity index (χ2n) is 4.75. The molecular formula is C13H16BrClN2O. The molecule has 0 saturated carbocycles. The van der Waals surface area contributed by atoms with E-state index in [0.29, 0.717) is 10.9 Å². The summed E-state index contributed by atoms with van der Waals surface area (Å²) in [6, 6.07) is 5.28. The average Bonchev–Trinajstić information content (AvgIpc) is 2.34. The van der Waals surface area contributed by atoms with Gasteiger partial charge in [0, 0.05) is 10.2 Å². The summed E-state index contributed by atoms with van der Waals surface area (Å²) in [6.07, 6.45) is 2.02. The third-order valence-corrected chi connectivity index (χ3v) is 4.38. The maximum Gasteiger partial charge on any atom is 0.241 e. The van der Waals surface area contributed by atoms with Crippen molar-refractivity contribution in [2.45, 2.75) is 25.8 Å². The highest BCUT2D eigenvalue weighted by molar-refractivity contribution is 9.10. The number of rotatable bonds is 2. The van der Waals surface area contributed by atoms with Gasteiger partial charge >= 0.3 is 0 Å². The minimum absolute atomic E-state index is 0.0239. The van der Waals surface area contributed by atoms with Gasteiger partial charge in [0.05, 0.1) is 11.1 Å². The minimum Gasteiger partial charge on any atom is -0.325 e. The van der Waals surface area contributed by atoms with Crippen LogP contribution in [0.2, 0.25) is 5.02 Å². The van der Waals surface area contributed by atoms with Crippen molar-refractivity contribution < 1.29 is 4.79 Å². The Morgan fingerprint density at radius 2 is 2.33 bits per heavy atom. The molecule has 0 radical (unpaired) electrons. The first-order valence-electron chi connectivity index (χ1n) is 6.05. The molecule has 5 heteroatoms. The zero-order chi connectivity index (χ0) is 13.1. The molecular weight excluding hydrogens is 316 g/mol. The van der Waals surface area contributed by atoms with E-state index in [1.807, 2.05) is 6.07 Å². The van der Waals surface area contributed by atoms with E-state index in [9.17, 15) is 4.79 Å². The highest BCUT2D eigenvalue weighted by Gasteiger charge is 2.24. The maximum atomic E-state index is 12.1. The highest BCUT2D eigenvalue weighted by Crippen LogP contribution is 2.26. The van der Waals surface area contributed by atoms with Gasteiger partial charge in [-0.05, 0) is 59.4 Å². The number of benzene rings is 1. The Hall–Kier alpha value is -0.580. The summed E-state index contributed by atoms with van der Waals surface area (Å²) >= 11 is 9.26. The molecule has 0 bridgehead atoms. The molecule has 1 saturated heterocycles. The van der Waals surface area contributed by atoms with Crippen molar-refractivity contribution in [1.82, 2.24) is 5.32 Å². The van der Waals surface area contributed by atoms with Gasteiger partial charge < -0.3 is 10.6 Å². The van der Waals surface area contributed by atoms with Crippen molar-refractivity contribution in [2.75, 3.05) is 11.9 Å². The number of hydrogen-bond acceptors (Lipinski definition) is 2. The number of hydrogen-bond donors (Lipinski definition) is 2. The smallest absolute Gasteiger partial charge is 0.241 e. The van der Waals surface area contributed by atoms with Crippen LogP contribution >= 0.6 is 27.5 Å². The zero-order valence-corrected chi connectivity index (χ0v) is 12.5. The Balaban J connectivity index is 2.00. The summed E-state index contributed by atoms with van der Waals surface area (Å²) in [4.78, 5) is 12.1. The summed E-state index contributed by atoms with van der Waals surface area (Å²) < 4.78 is 0.784. The van der Waals surface area contributed by atoms with Crippen LogP contribution in [0.1, 0.15) is 19.8 Å². The lowest BCUT2D eigenvalue weighted by atomic mass is 9.94. The van der Waals surface area contributed by atoms with Crippen molar-refractivity contribution in [3.63, 3.8) is 0 Å². The van der Waals surface area contributed by atoms with E-state index in [4.69, 9.17) is 11.6 Å². The first-order chi connectivity index (χ1) is 8.56. The molecule has 1 aliphatic heterocycles. The predicted octanol–water partition coefficient (Wildman–Crippen LogP) is 3.43. The first-order valence-corrected chi connectivity index (χ1v) is 7.22. The van der Waals surface area contributed by atoms with Crippen molar-refractivity contribution >= 4 is 39.1 Å². The van der Waals surface area contributed by atoms with Crippen LogP contribution < -0.4 is 10.6 Å². The molecule has 0 spiro atoms. The van der Waals surface area contributed by atoms with E-state index in [-0.39, 0.29) is 11.9 Å². The van der Waals surface area contributed by atoms with Gasteiger partial charge in [-0.25, -0.2) is 0 Å². The quantitative estimate of drug-likeness (QED) is 0.872. The second-order valence-corrected chi connectivity index (χ2v) is 6.02. The lowest BCUT2D eigenvalue weighted by molar-refractivity contribution is -0.119. The van der Waals surface area contributed by atoms with Gasteiger partial charge in [-0.1, -0.05) is 18.5 Å². The molecule has 2 rings (SSSR count). The fourth-order valence-corrected chi connectivity index (χ4v) is 2.61. The van der Waals surface area contributed by atoms with E-state index in [1.54, 1.807) is 12.1 Å². The summed E-state index contributed by atoms with van der Waals surface area (Å²) in [6.45, 7) is 3.09. The molecule has 1 aliphatic rings. The largest absolute Gasteiger partial charge is 0.325 e. The van der Waals surface area contributed by atoms with Crippen molar-refractivity contribution in [1.29, 1.82) is 0 Å². The van der Waals surface area contributed by atoms with E-state index in [1.165, 1.54) is 0 Å². The van der Waals surface area contributed by atoms with Crippen LogP contribution in [0.4, 0.5) is 5.69 Å². The van der Waals surface area contributed by atoms with Crippen molar-refractivity contribution in [2.24, 2.45) is 5.92 Å². The number of nitrogens with one attached hydrogen (secondary N) is 2. The molecule has 1 amide bonds. The standard InChI is InChI=1S/C13H16BrClN2O/c1-8-4-5-16-12(6-8)13(18)17-9-2-3-11(15)10(14)7-9/h2-3,7-8,12,16H,4-6H2,1H3,(H,17,18). The molecule has 1 heterocycles. The molecule has 1 fully saturated rings. The van der Waals surface area contributed by atoms with Gasteiger partial charge in [0.2, 0.25) is 5.91 Å². The van der Waals surface area contributed by atoms with Crippen LogP contribution in [0.5, 0.6) is 0 Å². The zero-order valence-electron chi connectivity index (χ0n) is 10.2. The summed E-state index contributed by atoms with van der Waals surface area (Å²) in [7, 11) is 0. The van der Waals surface area contributed by atoms with Gasteiger partial charge in [-0.3, -0.25) is 4.79 Å².